The minimum atomic E-state index is 0.0690. The zero-order valence-corrected chi connectivity index (χ0v) is 8.89. The highest BCUT2D eigenvalue weighted by Gasteiger charge is 2.03. The van der Waals surface area contributed by atoms with Crippen LogP contribution in [0.4, 0.5) is 0 Å². The predicted molar refractivity (Wildman–Crippen MR) is 55.9 cm³/mol. The molecule has 2 nitrogen and oxygen atoms in total. The summed E-state index contributed by atoms with van der Waals surface area (Å²) in [5.74, 6) is 0.531. The summed E-state index contributed by atoms with van der Waals surface area (Å²) in [7, 11) is 0. The Morgan fingerprint density at radius 1 is 1.62 bits per heavy atom. The highest BCUT2D eigenvalue weighted by Crippen LogP contribution is 2.21. The first-order valence-corrected chi connectivity index (χ1v) is 5.05. The van der Waals surface area contributed by atoms with Gasteiger partial charge in [0.25, 0.3) is 0 Å². The lowest BCUT2D eigenvalue weighted by molar-refractivity contribution is -0.112. The number of hydrogen-bond donors (Lipinski definition) is 0. The average Bonchev–Trinajstić information content (AvgIpc) is 2.48. The van der Waals surface area contributed by atoms with Crippen LogP contribution in [-0.2, 0) is 4.79 Å². The summed E-state index contributed by atoms with van der Waals surface area (Å²) in [5.41, 5.74) is 0. The molecule has 1 rings (SSSR count). The molecule has 0 bridgehead atoms. The molecule has 0 aliphatic heterocycles. The van der Waals surface area contributed by atoms with Crippen molar-refractivity contribution in [2.45, 2.75) is 26.7 Å². The molecule has 0 saturated carbocycles. The Morgan fingerprint density at radius 2 is 2.31 bits per heavy atom. The maximum absolute atomic E-state index is 10.7. The fourth-order valence-corrected chi connectivity index (χ4v) is 1.67. The molecule has 0 aromatic carbocycles. The fourth-order valence-electron chi connectivity index (χ4n) is 0.844. The van der Waals surface area contributed by atoms with Gasteiger partial charge in [0.1, 0.15) is 0 Å². The van der Waals surface area contributed by atoms with Crippen LogP contribution in [0.3, 0.4) is 0 Å². The van der Waals surface area contributed by atoms with Gasteiger partial charge in [0.05, 0.1) is 5.01 Å². The molecule has 0 spiro atoms. The second-order valence-electron chi connectivity index (χ2n) is 3.20. The van der Waals surface area contributed by atoms with Crippen molar-refractivity contribution in [1.82, 2.24) is 4.98 Å². The van der Waals surface area contributed by atoms with Crippen molar-refractivity contribution in [2.75, 3.05) is 0 Å². The van der Waals surface area contributed by atoms with Crippen LogP contribution in [0.5, 0.6) is 0 Å². The van der Waals surface area contributed by atoms with Gasteiger partial charge in [0.15, 0.2) is 5.78 Å². The smallest absolute Gasteiger partial charge is 0.152 e. The van der Waals surface area contributed by atoms with Gasteiger partial charge in [-0.3, -0.25) is 4.79 Å². The van der Waals surface area contributed by atoms with E-state index in [9.17, 15) is 4.79 Å². The number of thiazole rings is 1. The molecule has 3 heteroatoms. The summed E-state index contributed by atoms with van der Waals surface area (Å²) in [6, 6.07) is 0. The molecule has 0 N–H and O–H groups in total. The summed E-state index contributed by atoms with van der Waals surface area (Å²) >= 11 is 1.63. The number of carbonyl (C=O) groups excluding carboxylic acids is 1. The second kappa shape index (κ2) is 4.33. The third-order valence-corrected chi connectivity index (χ3v) is 2.78. The molecule has 70 valence electrons. The number of hydrogen-bond acceptors (Lipinski definition) is 3. The first kappa shape index (κ1) is 10.1. The number of rotatable bonds is 3. The van der Waals surface area contributed by atoms with E-state index in [0.29, 0.717) is 5.92 Å². The first-order valence-electron chi connectivity index (χ1n) is 4.24. The van der Waals surface area contributed by atoms with Gasteiger partial charge in [-0.1, -0.05) is 13.8 Å². The van der Waals surface area contributed by atoms with Gasteiger partial charge in [0, 0.05) is 17.0 Å². The highest BCUT2D eigenvalue weighted by atomic mass is 32.1. The Morgan fingerprint density at radius 3 is 2.77 bits per heavy atom. The molecule has 1 heterocycles. The van der Waals surface area contributed by atoms with Crippen molar-refractivity contribution in [2.24, 2.45) is 0 Å². The molecule has 0 atom stereocenters. The Hall–Kier alpha value is -0.960. The lowest BCUT2D eigenvalue weighted by atomic mass is 10.2. The van der Waals surface area contributed by atoms with Crippen LogP contribution in [0.2, 0.25) is 0 Å². The molecular formula is C10H13NOS. The minimum Gasteiger partial charge on any atom is -0.295 e. The second-order valence-corrected chi connectivity index (χ2v) is 4.29. The molecule has 0 radical (unpaired) electrons. The van der Waals surface area contributed by atoms with Gasteiger partial charge < -0.3 is 0 Å². The van der Waals surface area contributed by atoms with E-state index in [1.165, 1.54) is 0 Å². The Kier molecular flexibility index (Phi) is 3.37. The normalized spacial score (nSPS) is 11.4. The number of carbonyl (C=O) groups is 1. The van der Waals surface area contributed by atoms with Crippen molar-refractivity contribution >= 4 is 23.2 Å². The summed E-state index contributed by atoms with van der Waals surface area (Å²) < 4.78 is 0. The zero-order valence-electron chi connectivity index (χ0n) is 8.07. The quantitative estimate of drug-likeness (QED) is 0.694. The van der Waals surface area contributed by atoms with Gasteiger partial charge in [0.2, 0.25) is 0 Å². The van der Waals surface area contributed by atoms with E-state index in [1.807, 2.05) is 6.08 Å². The standard InChI is InChI=1S/C10H13NOS/c1-7(2)10-11-6-9(13-10)5-4-8(3)12/h4-7H,1-3H3/b5-4+. The Bertz CT molecular complexity index is 325. The van der Waals surface area contributed by atoms with E-state index >= 15 is 0 Å². The maximum Gasteiger partial charge on any atom is 0.152 e. The highest BCUT2D eigenvalue weighted by molar-refractivity contribution is 7.12. The number of ketones is 1. The molecular weight excluding hydrogens is 182 g/mol. The number of nitrogens with zero attached hydrogens (tertiary/aromatic N) is 1. The zero-order chi connectivity index (χ0) is 9.84. The lowest BCUT2D eigenvalue weighted by Crippen LogP contribution is -1.81. The summed E-state index contributed by atoms with van der Waals surface area (Å²) in [5, 5.41) is 1.11. The largest absolute Gasteiger partial charge is 0.295 e. The molecule has 0 aliphatic rings. The van der Waals surface area contributed by atoms with E-state index in [-0.39, 0.29) is 5.78 Å². The van der Waals surface area contributed by atoms with E-state index in [1.54, 1.807) is 30.5 Å². The molecule has 1 aromatic heterocycles. The molecule has 0 aliphatic carbocycles. The molecule has 0 unspecified atom stereocenters. The minimum absolute atomic E-state index is 0.0690. The number of aromatic nitrogens is 1. The van der Waals surface area contributed by atoms with Gasteiger partial charge in [-0.05, 0) is 19.1 Å². The Labute approximate surface area is 82.3 Å². The van der Waals surface area contributed by atoms with E-state index < -0.39 is 0 Å². The van der Waals surface area contributed by atoms with Crippen LogP contribution in [0.25, 0.3) is 6.08 Å². The maximum atomic E-state index is 10.7. The van der Waals surface area contributed by atoms with Crippen molar-refractivity contribution in [3.05, 3.63) is 22.2 Å². The van der Waals surface area contributed by atoms with E-state index in [0.717, 1.165) is 9.88 Å². The van der Waals surface area contributed by atoms with Crippen molar-refractivity contribution < 1.29 is 4.79 Å². The summed E-state index contributed by atoms with van der Waals surface area (Å²) in [6.45, 7) is 5.76. The average molecular weight is 195 g/mol. The first-order chi connectivity index (χ1) is 6.09. The molecule has 13 heavy (non-hydrogen) atoms. The third-order valence-electron chi connectivity index (χ3n) is 1.52. The van der Waals surface area contributed by atoms with Gasteiger partial charge in [-0.15, -0.1) is 11.3 Å². The van der Waals surface area contributed by atoms with Crippen LogP contribution in [0, 0.1) is 0 Å². The third kappa shape index (κ3) is 3.11. The van der Waals surface area contributed by atoms with Crippen molar-refractivity contribution in [3.8, 4) is 0 Å². The van der Waals surface area contributed by atoms with Gasteiger partial charge in [-0.2, -0.15) is 0 Å². The lowest BCUT2D eigenvalue weighted by Gasteiger charge is -1.94. The van der Waals surface area contributed by atoms with Crippen molar-refractivity contribution in [1.29, 1.82) is 0 Å². The van der Waals surface area contributed by atoms with Crippen LogP contribution < -0.4 is 0 Å². The Balaban J connectivity index is 2.75. The molecule has 0 fully saturated rings. The van der Waals surface area contributed by atoms with E-state index in [2.05, 4.69) is 18.8 Å². The van der Waals surface area contributed by atoms with Gasteiger partial charge >= 0.3 is 0 Å². The van der Waals surface area contributed by atoms with Crippen molar-refractivity contribution in [3.63, 3.8) is 0 Å². The topological polar surface area (TPSA) is 30.0 Å². The predicted octanol–water partition coefficient (Wildman–Crippen LogP) is 2.87. The SMILES string of the molecule is CC(=O)/C=C/c1cnc(C(C)C)s1. The summed E-state index contributed by atoms with van der Waals surface area (Å²) in [4.78, 5) is 15.9. The number of allylic oxidation sites excluding steroid dienone is 1. The van der Waals surface area contributed by atoms with Gasteiger partial charge in [-0.25, -0.2) is 4.98 Å². The fraction of sp³-hybridized carbons (Fsp3) is 0.400. The summed E-state index contributed by atoms with van der Waals surface area (Å²) in [6.07, 6.45) is 5.18. The van der Waals surface area contributed by atoms with Crippen LogP contribution in [-0.4, -0.2) is 10.8 Å². The molecule has 1 aromatic rings. The van der Waals surface area contributed by atoms with Crippen LogP contribution >= 0.6 is 11.3 Å². The molecule has 0 saturated heterocycles. The van der Waals surface area contributed by atoms with Crippen LogP contribution in [0.15, 0.2) is 12.3 Å². The monoisotopic (exact) mass is 195 g/mol. The van der Waals surface area contributed by atoms with E-state index in [4.69, 9.17) is 0 Å². The molecule has 0 amide bonds. The van der Waals surface area contributed by atoms with Crippen LogP contribution in [0.1, 0.15) is 36.6 Å².